The number of ketones is 1. The van der Waals surface area contributed by atoms with Crippen LogP contribution in [0.15, 0.2) is 22.6 Å². The number of Topliss-reactive ketones (excluding diaryl/α,β-unsaturated/α-hetero) is 1. The van der Waals surface area contributed by atoms with Gasteiger partial charge in [0.15, 0.2) is 5.78 Å². The van der Waals surface area contributed by atoms with Gasteiger partial charge < -0.3 is 20.3 Å². The standard InChI is InChI=1S/C15H23NO5/c1-5-9(16-6-7-17)11-10(18)8-15(2,3)12(13(11)19)14(20)21-4/h16-17,19H,5-8H2,1-4H3/b11-9+. The Hall–Kier alpha value is -1.82. The Morgan fingerprint density at radius 1 is 1.43 bits per heavy atom. The number of esters is 1. The Labute approximate surface area is 124 Å². The molecule has 0 bridgehead atoms. The summed E-state index contributed by atoms with van der Waals surface area (Å²) in [6, 6.07) is 0. The molecule has 0 spiro atoms. The SMILES string of the molecule is CC/C(NCCO)=C1/C(=O)CC(C)(C)C(C(=O)OC)=C1O. The van der Waals surface area contributed by atoms with E-state index in [-0.39, 0.29) is 42.3 Å². The summed E-state index contributed by atoms with van der Waals surface area (Å²) in [5.41, 5.74) is -0.0430. The van der Waals surface area contributed by atoms with Gasteiger partial charge in [-0.15, -0.1) is 0 Å². The van der Waals surface area contributed by atoms with E-state index in [9.17, 15) is 14.7 Å². The molecular formula is C15H23NO5. The number of methoxy groups -OCH3 is 1. The van der Waals surface area contributed by atoms with Crippen LogP contribution in [0.4, 0.5) is 0 Å². The summed E-state index contributed by atoms with van der Waals surface area (Å²) >= 11 is 0. The van der Waals surface area contributed by atoms with Gasteiger partial charge in [0.2, 0.25) is 0 Å². The van der Waals surface area contributed by atoms with Crippen molar-refractivity contribution in [2.24, 2.45) is 5.41 Å². The zero-order valence-corrected chi connectivity index (χ0v) is 12.9. The maximum absolute atomic E-state index is 12.3. The molecule has 6 nitrogen and oxygen atoms in total. The van der Waals surface area contributed by atoms with Gasteiger partial charge in [0.05, 0.1) is 24.9 Å². The van der Waals surface area contributed by atoms with E-state index >= 15 is 0 Å². The van der Waals surface area contributed by atoms with Crippen LogP contribution < -0.4 is 5.32 Å². The number of carbonyl (C=O) groups excluding carboxylic acids is 2. The quantitative estimate of drug-likeness (QED) is 0.521. The maximum Gasteiger partial charge on any atom is 0.338 e. The highest BCUT2D eigenvalue weighted by Gasteiger charge is 2.42. The Balaban J connectivity index is 3.47. The fourth-order valence-corrected chi connectivity index (χ4v) is 2.54. The van der Waals surface area contributed by atoms with Crippen molar-refractivity contribution < 1.29 is 24.5 Å². The molecule has 0 unspecified atom stereocenters. The van der Waals surface area contributed by atoms with Crippen molar-refractivity contribution in [3.05, 3.63) is 22.6 Å². The summed E-state index contributed by atoms with van der Waals surface area (Å²) in [6.45, 7) is 5.44. The third-order valence-corrected chi connectivity index (χ3v) is 3.53. The van der Waals surface area contributed by atoms with Crippen molar-refractivity contribution in [2.45, 2.75) is 33.6 Å². The Kier molecular flexibility index (Phi) is 5.54. The maximum atomic E-state index is 12.3. The number of hydrogen-bond donors (Lipinski definition) is 3. The van der Waals surface area contributed by atoms with E-state index in [4.69, 9.17) is 9.84 Å². The molecule has 0 heterocycles. The van der Waals surface area contributed by atoms with Crippen molar-refractivity contribution in [2.75, 3.05) is 20.3 Å². The zero-order chi connectivity index (χ0) is 16.2. The van der Waals surface area contributed by atoms with Crippen LogP contribution in [0.5, 0.6) is 0 Å². The number of allylic oxidation sites excluding steroid dienone is 2. The molecule has 0 saturated carbocycles. The molecule has 0 fully saturated rings. The fourth-order valence-electron chi connectivity index (χ4n) is 2.54. The second kappa shape index (κ2) is 6.76. The first-order valence-corrected chi connectivity index (χ1v) is 6.93. The minimum Gasteiger partial charge on any atom is -0.507 e. The molecule has 0 atom stereocenters. The first kappa shape index (κ1) is 17.2. The van der Waals surface area contributed by atoms with Crippen LogP contribution in [0, 0.1) is 5.41 Å². The number of aliphatic hydroxyl groups is 2. The Bertz CT molecular complexity index is 502. The van der Waals surface area contributed by atoms with E-state index in [0.717, 1.165) is 0 Å². The van der Waals surface area contributed by atoms with Crippen LogP contribution in [0.1, 0.15) is 33.6 Å². The van der Waals surface area contributed by atoms with Gasteiger partial charge in [0, 0.05) is 24.1 Å². The summed E-state index contributed by atoms with van der Waals surface area (Å²) in [5.74, 6) is -1.20. The number of carbonyl (C=O) groups is 2. The second-order valence-corrected chi connectivity index (χ2v) is 5.56. The molecule has 0 saturated heterocycles. The molecule has 0 radical (unpaired) electrons. The topological polar surface area (TPSA) is 95.9 Å². The van der Waals surface area contributed by atoms with Crippen molar-refractivity contribution in [1.29, 1.82) is 0 Å². The van der Waals surface area contributed by atoms with Gasteiger partial charge in [-0.05, 0) is 6.42 Å². The molecule has 3 N–H and O–H groups in total. The predicted molar refractivity (Wildman–Crippen MR) is 77.5 cm³/mol. The normalized spacial score (nSPS) is 20.3. The third kappa shape index (κ3) is 3.44. The molecule has 21 heavy (non-hydrogen) atoms. The van der Waals surface area contributed by atoms with Crippen LogP contribution in [0.2, 0.25) is 0 Å². The average Bonchev–Trinajstić information content (AvgIpc) is 2.40. The minimum atomic E-state index is -0.784. The average molecular weight is 297 g/mol. The number of hydrogen-bond acceptors (Lipinski definition) is 6. The van der Waals surface area contributed by atoms with E-state index in [1.807, 2.05) is 6.92 Å². The van der Waals surface area contributed by atoms with Gasteiger partial charge in [0.1, 0.15) is 5.76 Å². The third-order valence-electron chi connectivity index (χ3n) is 3.53. The summed E-state index contributed by atoms with van der Waals surface area (Å²) in [5, 5.41) is 22.2. The lowest BCUT2D eigenvalue weighted by molar-refractivity contribution is -0.137. The van der Waals surface area contributed by atoms with Crippen LogP contribution in [0.25, 0.3) is 0 Å². The van der Waals surface area contributed by atoms with Gasteiger partial charge in [-0.2, -0.15) is 0 Å². The first-order valence-electron chi connectivity index (χ1n) is 6.93. The van der Waals surface area contributed by atoms with Crippen molar-refractivity contribution in [1.82, 2.24) is 5.32 Å². The lowest BCUT2D eigenvalue weighted by Crippen LogP contribution is -2.35. The number of aliphatic hydroxyl groups excluding tert-OH is 2. The molecule has 1 aliphatic rings. The fraction of sp³-hybridized carbons (Fsp3) is 0.600. The Morgan fingerprint density at radius 2 is 2.05 bits per heavy atom. The van der Waals surface area contributed by atoms with Crippen molar-refractivity contribution >= 4 is 11.8 Å². The zero-order valence-electron chi connectivity index (χ0n) is 12.9. The summed E-state index contributed by atoms with van der Waals surface area (Å²) in [4.78, 5) is 24.3. The molecule has 0 aromatic rings. The molecule has 118 valence electrons. The Morgan fingerprint density at radius 3 is 2.52 bits per heavy atom. The highest BCUT2D eigenvalue weighted by molar-refractivity contribution is 6.06. The van der Waals surface area contributed by atoms with Gasteiger partial charge in [-0.3, -0.25) is 4.79 Å². The van der Waals surface area contributed by atoms with Crippen LogP contribution in [-0.2, 0) is 14.3 Å². The second-order valence-electron chi connectivity index (χ2n) is 5.56. The van der Waals surface area contributed by atoms with E-state index in [0.29, 0.717) is 12.1 Å². The molecule has 1 aliphatic carbocycles. The van der Waals surface area contributed by atoms with E-state index in [2.05, 4.69) is 5.32 Å². The smallest absolute Gasteiger partial charge is 0.338 e. The predicted octanol–water partition coefficient (Wildman–Crippen LogP) is 1.22. The summed E-state index contributed by atoms with van der Waals surface area (Å²) in [6.07, 6.45) is 0.584. The van der Waals surface area contributed by atoms with Crippen LogP contribution in [-0.4, -0.2) is 42.2 Å². The van der Waals surface area contributed by atoms with E-state index in [1.54, 1.807) is 13.8 Å². The van der Waals surface area contributed by atoms with Crippen molar-refractivity contribution in [3.8, 4) is 0 Å². The summed E-state index contributed by atoms with van der Waals surface area (Å²) in [7, 11) is 1.24. The lowest BCUT2D eigenvalue weighted by Gasteiger charge is -2.32. The molecule has 0 amide bonds. The summed E-state index contributed by atoms with van der Waals surface area (Å²) < 4.78 is 4.72. The molecule has 0 aliphatic heterocycles. The molecule has 6 heteroatoms. The molecule has 0 aromatic carbocycles. The minimum absolute atomic E-state index is 0.0925. The highest BCUT2D eigenvalue weighted by atomic mass is 16.5. The molecule has 1 rings (SSSR count). The van der Waals surface area contributed by atoms with E-state index < -0.39 is 11.4 Å². The van der Waals surface area contributed by atoms with Crippen molar-refractivity contribution in [3.63, 3.8) is 0 Å². The van der Waals surface area contributed by atoms with Gasteiger partial charge >= 0.3 is 5.97 Å². The first-order chi connectivity index (χ1) is 9.80. The lowest BCUT2D eigenvalue weighted by atomic mass is 9.72. The monoisotopic (exact) mass is 297 g/mol. The van der Waals surface area contributed by atoms with Gasteiger partial charge in [0.25, 0.3) is 0 Å². The van der Waals surface area contributed by atoms with Gasteiger partial charge in [-0.1, -0.05) is 20.8 Å². The number of nitrogens with one attached hydrogen (secondary N) is 1. The van der Waals surface area contributed by atoms with Gasteiger partial charge in [-0.25, -0.2) is 4.79 Å². The number of rotatable bonds is 5. The van der Waals surface area contributed by atoms with Crippen LogP contribution in [0.3, 0.4) is 0 Å². The van der Waals surface area contributed by atoms with Crippen LogP contribution >= 0.6 is 0 Å². The highest BCUT2D eigenvalue weighted by Crippen LogP contribution is 2.41. The van der Waals surface area contributed by atoms with E-state index in [1.165, 1.54) is 7.11 Å². The largest absolute Gasteiger partial charge is 0.507 e. The molecule has 0 aromatic heterocycles. The molecular weight excluding hydrogens is 274 g/mol. The number of ether oxygens (including phenoxy) is 1.